The summed E-state index contributed by atoms with van der Waals surface area (Å²) < 4.78 is 0. The molecule has 1 N–H and O–H groups in total. The molecule has 0 amide bonds. The van der Waals surface area contributed by atoms with Crippen molar-refractivity contribution in [2.24, 2.45) is 17.3 Å². The molecule has 1 fully saturated rings. The van der Waals surface area contributed by atoms with Gasteiger partial charge in [0.1, 0.15) is 0 Å². The van der Waals surface area contributed by atoms with E-state index in [1.54, 1.807) is 0 Å². The molecule has 2 rings (SSSR count). The van der Waals surface area contributed by atoms with Gasteiger partial charge in [0.05, 0.1) is 0 Å². The molecule has 3 atom stereocenters. The van der Waals surface area contributed by atoms with E-state index in [-0.39, 0.29) is 11.3 Å². The zero-order valence-electron chi connectivity index (χ0n) is 10.4. The van der Waals surface area contributed by atoms with Gasteiger partial charge in [0, 0.05) is 5.57 Å². The normalized spacial score (nSPS) is 36.4. The van der Waals surface area contributed by atoms with Crippen molar-refractivity contribution in [3.63, 3.8) is 0 Å². The van der Waals surface area contributed by atoms with Gasteiger partial charge in [0.2, 0.25) is 0 Å². The van der Waals surface area contributed by atoms with Crippen molar-refractivity contribution in [3.8, 4) is 0 Å². The topological polar surface area (TPSA) is 37.3 Å². The molecule has 0 aliphatic heterocycles. The molecule has 2 aliphatic rings. The van der Waals surface area contributed by atoms with E-state index in [0.29, 0.717) is 11.5 Å². The Morgan fingerprint density at radius 2 is 2.29 bits per heavy atom. The van der Waals surface area contributed by atoms with E-state index in [4.69, 9.17) is 5.11 Å². The minimum Gasteiger partial charge on any atom is -0.478 e. The lowest BCUT2D eigenvalue weighted by molar-refractivity contribution is -0.133. The maximum Gasteiger partial charge on any atom is 0.331 e. The molecule has 0 aromatic heterocycles. The zero-order chi connectivity index (χ0) is 12.6. The number of rotatable bonds is 2. The third-order valence-electron chi connectivity index (χ3n) is 4.56. The maximum absolute atomic E-state index is 11.0. The summed E-state index contributed by atoms with van der Waals surface area (Å²) in [5, 5.41) is 9.02. The molecule has 0 heterocycles. The predicted octanol–water partition coefficient (Wildman–Crippen LogP) is 3.57. The third-order valence-corrected chi connectivity index (χ3v) is 4.56. The van der Waals surface area contributed by atoms with Gasteiger partial charge in [-0.15, -0.1) is 0 Å². The summed E-state index contributed by atoms with van der Waals surface area (Å²) >= 11 is 0. The highest BCUT2D eigenvalue weighted by Crippen LogP contribution is 2.52. The summed E-state index contributed by atoms with van der Waals surface area (Å²) in [6, 6.07) is 0. The molecule has 2 heteroatoms. The van der Waals surface area contributed by atoms with E-state index in [0.717, 1.165) is 31.3 Å². The van der Waals surface area contributed by atoms with E-state index in [9.17, 15) is 4.79 Å². The average molecular weight is 232 g/mol. The van der Waals surface area contributed by atoms with Gasteiger partial charge in [-0.1, -0.05) is 37.8 Å². The standard InChI is InChI=1S/C15H20O2/c1-10-5-4-7-15(3)8-6-12(9-13(10)15)11(2)14(16)17/h4-5,12-13H,1-2,6-9H2,3H3,(H,16,17)/t12-,13-,15-/m1/s1. The zero-order valence-corrected chi connectivity index (χ0v) is 10.4. The van der Waals surface area contributed by atoms with Crippen LogP contribution < -0.4 is 0 Å². The van der Waals surface area contributed by atoms with Crippen molar-refractivity contribution in [3.05, 3.63) is 36.5 Å². The lowest BCUT2D eigenvalue weighted by Gasteiger charge is -2.46. The summed E-state index contributed by atoms with van der Waals surface area (Å²) in [6.45, 7) is 10.1. The van der Waals surface area contributed by atoms with Gasteiger partial charge in [-0.05, 0) is 42.9 Å². The first kappa shape index (κ1) is 12.2. The summed E-state index contributed by atoms with van der Waals surface area (Å²) in [4.78, 5) is 11.0. The highest BCUT2D eigenvalue weighted by Gasteiger charge is 2.42. The average Bonchev–Trinajstić information content (AvgIpc) is 2.27. The van der Waals surface area contributed by atoms with E-state index < -0.39 is 5.97 Å². The van der Waals surface area contributed by atoms with Gasteiger partial charge in [0.25, 0.3) is 0 Å². The summed E-state index contributed by atoms with van der Waals surface area (Å²) in [5.74, 6) is -0.313. The Balaban J connectivity index is 2.18. The van der Waals surface area contributed by atoms with Crippen LogP contribution >= 0.6 is 0 Å². The second-order valence-corrected chi connectivity index (χ2v) is 5.69. The molecular formula is C15H20O2. The minimum atomic E-state index is -0.851. The first-order valence-corrected chi connectivity index (χ1v) is 6.21. The van der Waals surface area contributed by atoms with Crippen LogP contribution in [0, 0.1) is 17.3 Å². The van der Waals surface area contributed by atoms with Crippen LogP contribution in [0.4, 0.5) is 0 Å². The van der Waals surface area contributed by atoms with E-state index >= 15 is 0 Å². The number of hydrogen-bond acceptors (Lipinski definition) is 1. The van der Waals surface area contributed by atoms with Crippen molar-refractivity contribution in [2.45, 2.75) is 32.6 Å². The van der Waals surface area contributed by atoms with Crippen LogP contribution in [0.15, 0.2) is 36.5 Å². The quantitative estimate of drug-likeness (QED) is 0.739. The molecule has 0 bridgehead atoms. The van der Waals surface area contributed by atoms with Gasteiger partial charge in [-0.3, -0.25) is 0 Å². The molecule has 2 aliphatic carbocycles. The molecule has 92 valence electrons. The van der Waals surface area contributed by atoms with Crippen molar-refractivity contribution >= 4 is 5.97 Å². The molecule has 0 unspecified atom stereocenters. The molecule has 17 heavy (non-hydrogen) atoms. The van der Waals surface area contributed by atoms with Crippen molar-refractivity contribution in [1.82, 2.24) is 0 Å². The van der Waals surface area contributed by atoms with Crippen molar-refractivity contribution < 1.29 is 9.90 Å². The Kier molecular flexibility index (Phi) is 2.98. The lowest BCUT2D eigenvalue weighted by atomic mass is 9.58. The van der Waals surface area contributed by atoms with Crippen molar-refractivity contribution in [1.29, 1.82) is 0 Å². The third kappa shape index (κ3) is 2.08. The summed E-state index contributed by atoms with van der Waals surface area (Å²) in [6.07, 6.45) is 8.29. The number of carboxylic acids is 1. The fourth-order valence-electron chi connectivity index (χ4n) is 3.30. The number of hydrogen-bond donors (Lipinski definition) is 1. The first-order chi connectivity index (χ1) is 7.94. The second-order valence-electron chi connectivity index (χ2n) is 5.69. The Labute approximate surface area is 103 Å². The molecule has 0 saturated heterocycles. The van der Waals surface area contributed by atoms with Crippen molar-refractivity contribution in [2.75, 3.05) is 0 Å². The Morgan fingerprint density at radius 3 is 2.94 bits per heavy atom. The number of allylic oxidation sites excluding steroid dienone is 3. The Morgan fingerprint density at radius 1 is 1.59 bits per heavy atom. The minimum absolute atomic E-state index is 0.119. The lowest BCUT2D eigenvalue weighted by Crippen LogP contribution is -2.37. The fourth-order valence-corrected chi connectivity index (χ4v) is 3.30. The highest BCUT2D eigenvalue weighted by atomic mass is 16.4. The first-order valence-electron chi connectivity index (χ1n) is 6.21. The van der Waals surface area contributed by atoms with Gasteiger partial charge >= 0.3 is 5.97 Å². The number of carboxylic acid groups (broad SMARTS) is 1. The van der Waals surface area contributed by atoms with Gasteiger partial charge < -0.3 is 5.11 Å². The SMILES string of the molecule is C=C(C(=O)O)[C@@H]1CC[C@@]2(C)CC=CC(=C)[C@H]2C1. The molecule has 2 nitrogen and oxygen atoms in total. The molecule has 0 aromatic rings. The van der Waals surface area contributed by atoms with Crippen LogP contribution in [0.5, 0.6) is 0 Å². The van der Waals surface area contributed by atoms with Crippen LogP contribution in [0.1, 0.15) is 32.6 Å². The fraction of sp³-hybridized carbons (Fsp3) is 0.533. The molecule has 0 radical (unpaired) electrons. The van der Waals surface area contributed by atoms with Gasteiger partial charge in [0.15, 0.2) is 0 Å². The van der Waals surface area contributed by atoms with E-state index in [2.05, 4.69) is 32.2 Å². The monoisotopic (exact) mass is 232 g/mol. The number of fused-ring (bicyclic) bond motifs is 1. The second kappa shape index (κ2) is 4.17. The highest BCUT2D eigenvalue weighted by molar-refractivity contribution is 5.86. The summed E-state index contributed by atoms with van der Waals surface area (Å²) in [5.41, 5.74) is 1.80. The molecule has 0 spiro atoms. The van der Waals surface area contributed by atoms with Crippen LogP contribution in [0.2, 0.25) is 0 Å². The number of carbonyl (C=O) groups is 1. The van der Waals surface area contributed by atoms with Crippen LogP contribution in [-0.2, 0) is 4.79 Å². The number of aliphatic carboxylic acids is 1. The van der Waals surface area contributed by atoms with Crippen LogP contribution in [-0.4, -0.2) is 11.1 Å². The molecule has 0 aromatic carbocycles. The molecular weight excluding hydrogens is 212 g/mol. The molecule has 1 saturated carbocycles. The predicted molar refractivity (Wildman–Crippen MR) is 68.6 cm³/mol. The van der Waals surface area contributed by atoms with Crippen LogP contribution in [0.3, 0.4) is 0 Å². The van der Waals surface area contributed by atoms with Crippen LogP contribution in [0.25, 0.3) is 0 Å². The Hall–Kier alpha value is -1.31. The van der Waals surface area contributed by atoms with Gasteiger partial charge in [-0.25, -0.2) is 4.79 Å². The Bertz CT molecular complexity index is 405. The largest absolute Gasteiger partial charge is 0.478 e. The summed E-state index contributed by atoms with van der Waals surface area (Å²) in [7, 11) is 0. The van der Waals surface area contributed by atoms with Gasteiger partial charge in [-0.2, -0.15) is 0 Å². The smallest absolute Gasteiger partial charge is 0.331 e. The van der Waals surface area contributed by atoms with E-state index in [1.807, 2.05) is 0 Å². The maximum atomic E-state index is 11.0. The van der Waals surface area contributed by atoms with E-state index in [1.165, 1.54) is 0 Å².